The standard InChI is InChI=1S/C27H56/c1-12-15-18-21(4)24(7)25(8)27(26(9,10)11,22(5)19-16-13-2)23(6)20-17-14-3/h21-25H,12-20H2,1-11H3. The van der Waals surface area contributed by atoms with Crippen LogP contribution in [-0.4, -0.2) is 0 Å². The van der Waals surface area contributed by atoms with Gasteiger partial charge in [-0.05, 0) is 40.4 Å². The van der Waals surface area contributed by atoms with Crippen molar-refractivity contribution in [1.29, 1.82) is 0 Å². The first kappa shape index (κ1) is 27.0. The number of unbranched alkanes of at least 4 members (excludes halogenated alkanes) is 3. The average molecular weight is 381 g/mol. The monoisotopic (exact) mass is 380 g/mol. The second-order valence-electron chi connectivity index (χ2n) is 11.0. The molecular weight excluding hydrogens is 324 g/mol. The van der Waals surface area contributed by atoms with Crippen molar-refractivity contribution in [2.24, 2.45) is 40.4 Å². The molecule has 0 aliphatic heterocycles. The fourth-order valence-electron chi connectivity index (χ4n) is 6.76. The zero-order valence-electron chi connectivity index (χ0n) is 21.3. The Hall–Kier alpha value is 0. The molecular formula is C27H56. The van der Waals surface area contributed by atoms with Crippen molar-refractivity contribution in [3.8, 4) is 0 Å². The summed E-state index contributed by atoms with van der Waals surface area (Å²) >= 11 is 0. The molecule has 0 spiro atoms. The van der Waals surface area contributed by atoms with Gasteiger partial charge in [0.05, 0.1) is 0 Å². The summed E-state index contributed by atoms with van der Waals surface area (Å²) in [5.74, 6) is 3.98. The van der Waals surface area contributed by atoms with Crippen LogP contribution in [0.2, 0.25) is 0 Å². The minimum atomic E-state index is 0.339. The van der Waals surface area contributed by atoms with E-state index in [1.165, 1.54) is 57.8 Å². The SMILES string of the molecule is CCCCC(C)C(C)C(C)C(C(C)CCCC)(C(C)CCCC)C(C)(C)C. The predicted octanol–water partition coefficient (Wildman–Crippen LogP) is 9.77. The van der Waals surface area contributed by atoms with E-state index in [2.05, 4.69) is 76.2 Å². The fraction of sp³-hybridized carbons (Fsp3) is 1.00. The summed E-state index contributed by atoms with van der Waals surface area (Å²) in [5.41, 5.74) is 0.753. The molecule has 0 nitrogen and oxygen atoms in total. The van der Waals surface area contributed by atoms with Crippen molar-refractivity contribution in [2.75, 3.05) is 0 Å². The smallest absolute Gasteiger partial charge is 0.0169 e. The lowest BCUT2D eigenvalue weighted by Crippen LogP contribution is -2.53. The predicted molar refractivity (Wildman–Crippen MR) is 126 cm³/mol. The van der Waals surface area contributed by atoms with Gasteiger partial charge < -0.3 is 0 Å². The highest BCUT2D eigenvalue weighted by Crippen LogP contribution is 2.60. The van der Waals surface area contributed by atoms with Crippen molar-refractivity contribution >= 4 is 0 Å². The first-order valence-electron chi connectivity index (χ1n) is 12.5. The van der Waals surface area contributed by atoms with E-state index >= 15 is 0 Å². The molecule has 0 aliphatic carbocycles. The molecule has 0 bridgehead atoms. The first-order valence-corrected chi connectivity index (χ1v) is 12.5. The topological polar surface area (TPSA) is 0 Å². The summed E-state index contributed by atoms with van der Waals surface area (Å²) in [5, 5.41) is 0. The zero-order valence-corrected chi connectivity index (χ0v) is 21.3. The van der Waals surface area contributed by atoms with Gasteiger partial charge in [0.25, 0.3) is 0 Å². The molecule has 0 aromatic heterocycles. The van der Waals surface area contributed by atoms with E-state index in [0.717, 1.165) is 29.6 Å². The Labute approximate surface area is 174 Å². The molecule has 0 saturated heterocycles. The lowest BCUT2D eigenvalue weighted by Gasteiger charge is -2.59. The quantitative estimate of drug-likeness (QED) is 0.281. The summed E-state index contributed by atoms with van der Waals surface area (Å²) in [6.45, 7) is 27.6. The van der Waals surface area contributed by atoms with Crippen molar-refractivity contribution in [3.05, 3.63) is 0 Å². The van der Waals surface area contributed by atoms with E-state index in [1.807, 2.05) is 0 Å². The Morgan fingerprint density at radius 3 is 1.30 bits per heavy atom. The highest BCUT2D eigenvalue weighted by molar-refractivity contribution is 5.02. The third-order valence-corrected chi connectivity index (χ3v) is 8.36. The average Bonchev–Trinajstić information content (AvgIpc) is 2.60. The molecule has 5 unspecified atom stereocenters. The van der Waals surface area contributed by atoms with Crippen LogP contribution in [0.3, 0.4) is 0 Å². The number of hydrogen-bond donors (Lipinski definition) is 0. The highest BCUT2D eigenvalue weighted by Gasteiger charge is 2.54. The normalized spacial score (nSPS) is 20.6. The summed E-state index contributed by atoms with van der Waals surface area (Å²) in [6.07, 6.45) is 12.3. The van der Waals surface area contributed by atoms with E-state index in [0.29, 0.717) is 10.8 Å². The Kier molecular flexibility index (Phi) is 12.5. The molecule has 0 heterocycles. The highest BCUT2D eigenvalue weighted by atomic mass is 14.6. The van der Waals surface area contributed by atoms with Crippen LogP contribution < -0.4 is 0 Å². The maximum absolute atomic E-state index is 2.63. The number of rotatable bonds is 14. The lowest BCUT2D eigenvalue weighted by molar-refractivity contribution is -0.111. The molecule has 0 heteroatoms. The Bertz CT molecular complexity index is 347. The molecule has 27 heavy (non-hydrogen) atoms. The Morgan fingerprint density at radius 1 is 0.593 bits per heavy atom. The largest absolute Gasteiger partial charge is 0.0654 e. The first-order chi connectivity index (χ1) is 12.5. The zero-order chi connectivity index (χ0) is 21.3. The van der Waals surface area contributed by atoms with Crippen LogP contribution in [0.25, 0.3) is 0 Å². The van der Waals surface area contributed by atoms with Gasteiger partial charge in [0.2, 0.25) is 0 Å². The van der Waals surface area contributed by atoms with Crippen molar-refractivity contribution < 1.29 is 0 Å². The van der Waals surface area contributed by atoms with Crippen molar-refractivity contribution in [2.45, 2.75) is 134 Å². The Balaban J connectivity index is 6.01. The van der Waals surface area contributed by atoms with Gasteiger partial charge in [0.1, 0.15) is 0 Å². The van der Waals surface area contributed by atoms with Crippen LogP contribution in [-0.2, 0) is 0 Å². The van der Waals surface area contributed by atoms with Crippen LogP contribution in [0.4, 0.5) is 0 Å². The second kappa shape index (κ2) is 12.5. The third kappa shape index (κ3) is 6.78. The number of hydrogen-bond acceptors (Lipinski definition) is 0. The Morgan fingerprint density at radius 2 is 0.963 bits per heavy atom. The van der Waals surface area contributed by atoms with Crippen molar-refractivity contribution in [1.82, 2.24) is 0 Å². The van der Waals surface area contributed by atoms with Gasteiger partial charge in [0, 0.05) is 0 Å². The van der Waals surface area contributed by atoms with Crippen LogP contribution in [0.1, 0.15) is 134 Å². The molecule has 0 fully saturated rings. The summed E-state index contributed by atoms with van der Waals surface area (Å²) in [7, 11) is 0. The molecule has 5 atom stereocenters. The molecule has 0 aromatic rings. The van der Waals surface area contributed by atoms with Gasteiger partial charge in [-0.25, -0.2) is 0 Å². The van der Waals surface area contributed by atoms with Gasteiger partial charge in [0.15, 0.2) is 0 Å². The molecule has 164 valence electrons. The van der Waals surface area contributed by atoms with E-state index in [4.69, 9.17) is 0 Å². The molecule has 0 aliphatic rings. The molecule has 0 amide bonds. The minimum absolute atomic E-state index is 0.339. The lowest BCUT2D eigenvalue weighted by atomic mass is 9.45. The maximum Gasteiger partial charge on any atom is -0.0169 e. The molecule has 0 saturated carbocycles. The van der Waals surface area contributed by atoms with Crippen LogP contribution >= 0.6 is 0 Å². The summed E-state index contributed by atoms with van der Waals surface area (Å²) in [6, 6.07) is 0. The van der Waals surface area contributed by atoms with Gasteiger partial charge in [-0.3, -0.25) is 0 Å². The van der Waals surface area contributed by atoms with Crippen LogP contribution in [0.15, 0.2) is 0 Å². The molecule has 0 N–H and O–H groups in total. The van der Waals surface area contributed by atoms with Crippen LogP contribution in [0.5, 0.6) is 0 Å². The summed E-state index contributed by atoms with van der Waals surface area (Å²) < 4.78 is 0. The second-order valence-corrected chi connectivity index (χ2v) is 11.0. The third-order valence-electron chi connectivity index (χ3n) is 8.36. The van der Waals surface area contributed by atoms with Gasteiger partial charge >= 0.3 is 0 Å². The minimum Gasteiger partial charge on any atom is -0.0654 e. The van der Waals surface area contributed by atoms with Gasteiger partial charge in [-0.1, -0.05) is 134 Å². The molecule has 0 rings (SSSR count). The van der Waals surface area contributed by atoms with Gasteiger partial charge in [-0.2, -0.15) is 0 Å². The van der Waals surface area contributed by atoms with E-state index in [-0.39, 0.29) is 0 Å². The maximum atomic E-state index is 2.63. The van der Waals surface area contributed by atoms with E-state index in [9.17, 15) is 0 Å². The fourth-order valence-corrected chi connectivity index (χ4v) is 6.76. The van der Waals surface area contributed by atoms with E-state index in [1.54, 1.807) is 0 Å². The molecule has 0 aromatic carbocycles. The van der Waals surface area contributed by atoms with Crippen LogP contribution in [0, 0.1) is 40.4 Å². The van der Waals surface area contributed by atoms with Gasteiger partial charge in [-0.15, -0.1) is 0 Å². The van der Waals surface area contributed by atoms with Crippen molar-refractivity contribution in [3.63, 3.8) is 0 Å². The van der Waals surface area contributed by atoms with E-state index < -0.39 is 0 Å². The summed E-state index contributed by atoms with van der Waals surface area (Å²) in [4.78, 5) is 0. The molecule has 0 radical (unpaired) electrons.